The molecule has 4 nitrogen and oxygen atoms in total. The van der Waals surface area contributed by atoms with Gasteiger partial charge in [0.2, 0.25) is 0 Å². The van der Waals surface area contributed by atoms with E-state index in [1.807, 2.05) is 0 Å². The van der Waals surface area contributed by atoms with E-state index in [4.69, 9.17) is 11.6 Å². The summed E-state index contributed by atoms with van der Waals surface area (Å²) in [5.41, 5.74) is 0. The van der Waals surface area contributed by atoms with Gasteiger partial charge in [-0.05, 0) is 24.7 Å². The molecule has 1 aliphatic carbocycles. The molecule has 1 aliphatic heterocycles. The van der Waals surface area contributed by atoms with E-state index in [2.05, 4.69) is 14.9 Å². The van der Waals surface area contributed by atoms with Crippen LogP contribution in [-0.2, 0) is 0 Å². The predicted octanol–water partition coefficient (Wildman–Crippen LogP) is 1.34. The Morgan fingerprint density at radius 2 is 1.88 bits per heavy atom. The van der Waals surface area contributed by atoms with Gasteiger partial charge in [0.1, 0.15) is 11.0 Å². The summed E-state index contributed by atoms with van der Waals surface area (Å²) >= 11 is 5.71. The lowest BCUT2D eigenvalue weighted by Gasteiger charge is -2.18. The van der Waals surface area contributed by atoms with Crippen molar-refractivity contribution in [2.75, 3.05) is 18.0 Å². The van der Waals surface area contributed by atoms with Crippen LogP contribution >= 0.6 is 11.6 Å². The molecule has 0 bridgehead atoms. The molecule has 3 rings (SSSR count). The summed E-state index contributed by atoms with van der Waals surface area (Å²) in [5.74, 6) is 2.13. The van der Waals surface area contributed by atoms with Gasteiger partial charge in [0, 0.05) is 13.1 Å². The van der Waals surface area contributed by atoms with Gasteiger partial charge in [-0.2, -0.15) is 0 Å². The number of halogens is 1. The zero-order valence-electron chi connectivity index (χ0n) is 8.88. The third-order valence-electron chi connectivity index (χ3n) is 3.66. The summed E-state index contributed by atoms with van der Waals surface area (Å²) in [4.78, 5) is 10.6. The maximum atomic E-state index is 9.56. The number of fused-ring (bicyclic) bond motifs is 1. The van der Waals surface area contributed by atoms with Crippen LogP contribution in [0.15, 0.2) is 12.4 Å². The lowest BCUT2D eigenvalue weighted by Crippen LogP contribution is -2.23. The van der Waals surface area contributed by atoms with Gasteiger partial charge in [-0.15, -0.1) is 0 Å². The SMILES string of the molecule is O[C@@H]1C[C@@H]2CN(c3cnc(Cl)cn3)C[C@@H]2C1. The first-order valence-electron chi connectivity index (χ1n) is 5.63. The molecule has 1 aromatic heterocycles. The molecule has 2 aliphatic rings. The molecule has 0 aromatic carbocycles. The standard InChI is InChI=1S/C11H14ClN3O/c12-10-3-14-11(4-13-10)15-5-7-1-9(16)2-8(7)6-15/h3-4,7-9,16H,1-2,5-6H2/t7-,8+,9-. The fourth-order valence-electron chi connectivity index (χ4n) is 2.92. The number of nitrogens with zero attached hydrogens (tertiary/aromatic N) is 3. The van der Waals surface area contributed by atoms with Crippen LogP contribution in [0.3, 0.4) is 0 Å². The van der Waals surface area contributed by atoms with Crippen LogP contribution < -0.4 is 4.90 Å². The first-order valence-corrected chi connectivity index (χ1v) is 6.00. The van der Waals surface area contributed by atoms with E-state index in [0.29, 0.717) is 17.0 Å². The maximum Gasteiger partial charge on any atom is 0.147 e. The Morgan fingerprint density at radius 1 is 1.19 bits per heavy atom. The molecule has 0 unspecified atom stereocenters. The van der Waals surface area contributed by atoms with Crippen molar-refractivity contribution in [3.8, 4) is 0 Å². The zero-order chi connectivity index (χ0) is 11.1. The molecule has 1 N–H and O–H groups in total. The molecule has 3 atom stereocenters. The summed E-state index contributed by atoms with van der Waals surface area (Å²) in [6, 6.07) is 0. The summed E-state index contributed by atoms with van der Waals surface area (Å²) < 4.78 is 0. The minimum Gasteiger partial charge on any atom is -0.393 e. The molecule has 1 saturated heterocycles. The van der Waals surface area contributed by atoms with Crippen LogP contribution in [0.25, 0.3) is 0 Å². The quantitative estimate of drug-likeness (QED) is 0.804. The van der Waals surface area contributed by atoms with Gasteiger partial charge in [0.05, 0.1) is 18.5 Å². The molecule has 2 fully saturated rings. The van der Waals surface area contributed by atoms with Crippen molar-refractivity contribution in [1.29, 1.82) is 0 Å². The minimum atomic E-state index is -0.0894. The summed E-state index contributed by atoms with van der Waals surface area (Å²) in [6.07, 6.45) is 5.08. The first-order chi connectivity index (χ1) is 7.72. The Morgan fingerprint density at radius 3 is 2.44 bits per heavy atom. The Balaban J connectivity index is 1.73. The molecule has 2 heterocycles. The molecular weight excluding hydrogens is 226 g/mol. The third kappa shape index (κ3) is 1.76. The lowest BCUT2D eigenvalue weighted by molar-refractivity contribution is 0.174. The van der Waals surface area contributed by atoms with Gasteiger partial charge in [-0.3, -0.25) is 0 Å². The first kappa shape index (κ1) is 10.3. The van der Waals surface area contributed by atoms with E-state index in [9.17, 15) is 5.11 Å². The number of aromatic nitrogens is 2. The minimum absolute atomic E-state index is 0.0894. The van der Waals surface area contributed by atoms with Crippen molar-refractivity contribution < 1.29 is 5.11 Å². The van der Waals surface area contributed by atoms with Crippen LogP contribution in [0.2, 0.25) is 5.15 Å². The number of rotatable bonds is 1. The van der Waals surface area contributed by atoms with E-state index in [-0.39, 0.29) is 6.10 Å². The molecule has 86 valence electrons. The van der Waals surface area contributed by atoms with Crippen molar-refractivity contribution in [3.63, 3.8) is 0 Å². The van der Waals surface area contributed by atoms with Gasteiger partial charge < -0.3 is 10.0 Å². The molecule has 5 heteroatoms. The van der Waals surface area contributed by atoms with E-state index in [0.717, 1.165) is 31.7 Å². The fraction of sp³-hybridized carbons (Fsp3) is 0.636. The van der Waals surface area contributed by atoms with E-state index >= 15 is 0 Å². The van der Waals surface area contributed by atoms with Crippen LogP contribution in [0.4, 0.5) is 5.82 Å². The lowest BCUT2D eigenvalue weighted by atomic mass is 10.0. The highest BCUT2D eigenvalue weighted by Gasteiger charge is 2.40. The predicted molar refractivity (Wildman–Crippen MR) is 61.5 cm³/mol. The number of hydrogen-bond donors (Lipinski definition) is 1. The monoisotopic (exact) mass is 239 g/mol. The van der Waals surface area contributed by atoms with Crippen molar-refractivity contribution in [1.82, 2.24) is 9.97 Å². The number of aliphatic hydroxyl groups is 1. The van der Waals surface area contributed by atoms with Crippen molar-refractivity contribution in [2.45, 2.75) is 18.9 Å². The number of hydrogen-bond acceptors (Lipinski definition) is 4. The second-order valence-corrected chi connectivity index (χ2v) is 5.13. The third-order valence-corrected chi connectivity index (χ3v) is 3.85. The van der Waals surface area contributed by atoms with Crippen LogP contribution in [0.5, 0.6) is 0 Å². The molecule has 1 aromatic rings. The van der Waals surface area contributed by atoms with E-state index < -0.39 is 0 Å². The molecule has 16 heavy (non-hydrogen) atoms. The molecular formula is C11H14ClN3O. The summed E-state index contributed by atoms with van der Waals surface area (Å²) in [5, 5.41) is 9.99. The highest BCUT2D eigenvalue weighted by atomic mass is 35.5. The summed E-state index contributed by atoms with van der Waals surface area (Å²) in [6.45, 7) is 1.97. The highest BCUT2D eigenvalue weighted by Crippen LogP contribution is 2.39. The topological polar surface area (TPSA) is 49.2 Å². The summed E-state index contributed by atoms with van der Waals surface area (Å²) in [7, 11) is 0. The van der Waals surface area contributed by atoms with Crippen LogP contribution in [0.1, 0.15) is 12.8 Å². The van der Waals surface area contributed by atoms with Crippen molar-refractivity contribution >= 4 is 17.4 Å². The normalized spacial score (nSPS) is 33.1. The number of aliphatic hydroxyl groups excluding tert-OH is 1. The van der Waals surface area contributed by atoms with E-state index in [1.165, 1.54) is 0 Å². The second kappa shape index (κ2) is 3.86. The zero-order valence-corrected chi connectivity index (χ0v) is 9.64. The van der Waals surface area contributed by atoms with Crippen molar-refractivity contribution in [3.05, 3.63) is 17.5 Å². The Hall–Kier alpha value is -0.870. The average Bonchev–Trinajstić information content (AvgIpc) is 2.75. The second-order valence-electron chi connectivity index (χ2n) is 4.75. The Labute approximate surface area is 99.3 Å². The smallest absolute Gasteiger partial charge is 0.147 e. The van der Waals surface area contributed by atoms with Crippen molar-refractivity contribution in [2.24, 2.45) is 11.8 Å². The Bertz CT molecular complexity index is 369. The Kier molecular flexibility index (Phi) is 2.48. The van der Waals surface area contributed by atoms with Gasteiger partial charge in [0.15, 0.2) is 0 Å². The largest absolute Gasteiger partial charge is 0.393 e. The highest BCUT2D eigenvalue weighted by molar-refractivity contribution is 6.29. The molecule has 1 saturated carbocycles. The van der Waals surface area contributed by atoms with Gasteiger partial charge >= 0.3 is 0 Å². The van der Waals surface area contributed by atoms with Gasteiger partial charge in [-0.25, -0.2) is 9.97 Å². The maximum absolute atomic E-state index is 9.56. The number of anilines is 1. The fourth-order valence-corrected chi connectivity index (χ4v) is 3.02. The molecule has 0 amide bonds. The average molecular weight is 240 g/mol. The van der Waals surface area contributed by atoms with Gasteiger partial charge in [0.25, 0.3) is 0 Å². The van der Waals surface area contributed by atoms with Gasteiger partial charge in [-0.1, -0.05) is 11.6 Å². The van der Waals surface area contributed by atoms with E-state index in [1.54, 1.807) is 12.4 Å². The molecule has 0 spiro atoms. The van der Waals surface area contributed by atoms with Crippen LogP contribution in [-0.4, -0.2) is 34.3 Å². The molecule has 0 radical (unpaired) electrons. The van der Waals surface area contributed by atoms with Crippen LogP contribution in [0, 0.1) is 11.8 Å².